The highest BCUT2D eigenvalue weighted by molar-refractivity contribution is 5.90. The van der Waals surface area contributed by atoms with Gasteiger partial charge in [0, 0.05) is 13.1 Å². The first kappa shape index (κ1) is 5.31. The minimum Gasteiger partial charge on any atom is -0.370 e. The highest BCUT2D eigenvalue weighted by Gasteiger charge is 2.17. The van der Waals surface area contributed by atoms with Gasteiger partial charge in [-0.2, -0.15) is 0 Å². The second-order valence-electron chi connectivity index (χ2n) is 1.72. The third-order valence-corrected chi connectivity index (χ3v) is 1.16. The normalized spacial score (nSPS) is 27.5. The molecule has 8 heavy (non-hydrogen) atoms. The highest BCUT2D eigenvalue weighted by atomic mass is 16.3. The standard InChI is InChI=1S/C5H7NO2/c1-6-4(7)2-3-5(6)8/h2-4,7H,1H3/t4-/m1/s1. The molecule has 1 aliphatic heterocycles. The lowest BCUT2D eigenvalue weighted by Crippen LogP contribution is -2.28. The average molecular weight is 113 g/mol. The number of aliphatic hydroxyl groups excluding tert-OH is 1. The van der Waals surface area contributed by atoms with Crippen LogP contribution in [-0.2, 0) is 4.79 Å². The van der Waals surface area contributed by atoms with Crippen LogP contribution in [0.4, 0.5) is 0 Å². The highest BCUT2D eigenvalue weighted by Crippen LogP contribution is 2.03. The molecule has 0 saturated carbocycles. The second kappa shape index (κ2) is 1.59. The molecule has 1 amide bonds. The molecule has 0 radical (unpaired) electrons. The molecule has 1 rings (SSSR count). The van der Waals surface area contributed by atoms with Crippen LogP contribution in [-0.4, -0.2) is 29.2 Å². The molecule has 3 heteroatoms. The first-order valence-corrected chi connectivity index (χ1v) is 2.35. The molecular weight excluding hydrogens is 106 g/mol. The average Bonchev–Trinajstić information content (AvgIpc) is 1.98. The fourth-order valence-electron chi connectivity index (χ4n) is 0.545. The van der Waals surface area contributed by atoms with Gasteiger partial charge in [-0.3, -0.25) is 4.79 Å². The Kier molecular flexibility index (Phi) is 1.06. The minimum atomic E-state index is -0.706. The Hall–Kier alpha value is -0.830. The number of amides is 1. The topological polar surface area (TPSA) is 40.5 Å². The van der Waals surface area contributed by atoms with E-state index in [0.717, 1.165) is 0 Å². The molecule has 0 aliphatic carbocycles. The summed E-state index contributed by atoms with van der Waals surface area (Å²) in [7, 11) is 1.55. The van der Waals surface area contributed by atoms with Crippen molar-refractivity contribution in [1.29, 1.82) is 0 Å². The van der Waals surface area contributed by atoms with Crippen LogP contribution >= 0.6 is 0 Å². The Morgan fingerprint density at radius 1 is 1.88 bits per heavy atom. The third kappa shape index (κ3) is 0.607. The first-order valence-electron chi connectivity index (χ1n) is 2.35. The number of hydrogen-bond donors (Lipinski definition) is 1. The van der Waals surface area contributed by atoms with Crippen molar-refractivity contribution >= 4 is 5.91 Å². The lowest BCUT2D eigenvalue weighted by atomic mass is 10.5. The zero-order valence-corrected chi connectivity index (χ0v) is 4.53. The zero-order chi connectivity index (χ0) is 6.15. The number of carbonyl (C=O) groups excluding carboxylic acids is 1. The molecule has 0 unspecified atom stereocenters. The van der Waals surface area contributed by atoms with Gasteiger partial charge in [-0.1, -0.05) is 0 Å². The van der Waals surface area contributed by atoms with Gasteiger partial charge < -0.3 is 10.0 Å². The fourth-order valence-corrected chi connectivity index (χ4v) is 0.545. The number of carbonyl (C=O) groups is 1. The van der Waals surface area contributed by atoms with Gasteiger partial charge in [0.05, 0.1) is 0 Å². The van der Waals surface area contributed by atoms with Crippen molar-refractivity contribution in [3.8, 4) is 0 Å². The number of hydrogen-bond acceptors (Lipinski definition) is 2. The van der Waals surface area contributed by atoms with Crippen LogP contribution in [0.15, 0.2) is 12.2 Å². The van der Waals surface area contributed by atoms with Gasteiger partial charge in [-0.25, -0.2) is 0 Å². The maximum atomic E-state index is 10.5. The molecule has 44 valence electrons. The van der Waals surface area contributed by atoms with Crippen molar-refractivity contribution < 1.29 is 9.90 Å². The molecule has 1 heterocycles. The molecule has 0 aromatic carbocycles. The van der Waals surface area contributed by atoms with Crippen LogP contribution in [0.1, 0.15) is 0 Å². The molecule has 1 N–H and O–H groups in total. The van der Waals surface area contributed by atoms with Gasteiger partial charge >= 0.3 is 0 Å². The molecule has 0 spiro atoms. The first-order chi connectivity index (χ1) is 3.72. The molecule has 1 aliphatic rings. The Balaban J connectivity index is 2.69. The van der Waals surface area contributed by atoms with Crippen molar-refractivity contribution in [3.05, 3.63) is 12.2 Å². The molecule has 0 aromatic rings. The number of rotatable bonds is 0. The van der Waals surface area contributed by atoms with E-state index in [1.807, 2.05) is 0 Å². The summed E-state index contributed by atoms with van der Waals surface area (Å²) in [6, 6.07) is 0. The molecule has 0 fully saturated rings. The summed E-state index contributed by atoms with van der Waals surface area (Å²) in [5, 5.41) is 8.79. The van der Waals surface area contributed by atoms with Crippen LogP contribution < -0.4 is 0 Å². The maximum absolute atomic E-state index is 10.5. The summed E-state index contributed by atoms with van der Waals surface area (Å²) < 4.78 is 0. The van der Waals surface area contributed by atoms with E-state index in [1.54, 1.807) is 7.05 Å². The second-order valence-corrected chi connectivity index (χ2v) is 1.72. The summed E-state index contributed by atoms with van der Waals surface area (Å²) in [6.07, 6.45) is 2.09. The van der Waals surface area contributed by atoms with E-state index in [-0.39, 0.29) is 5.91 Å². The van der Waals surface area contributed by atoms with Gasteiger partial charge in [-0.15, -0.1) is 0 Å². The molecule has 1 atom stereocenters. The van der Waals surface area contributed by atoms with Crippen molar-refractivity contribution in [1.82, 2.24) is 4.90 Å². The molecule has 0 saturated heterocycles. The quantitative estimate of drug-likeness (QED) is 0.452. The minimum absolute atomic E-state index is 0.141. The van der Waals surface area contributed by atoms with E-state index >= 15 is 0 Å². The largest absolute Gasteiger partial charge is 0.370 e. The third-order valence-electron chi connectivity index (χ3n) is 1.16. The summed E-state index contributed by atoms with van der Waals surface area (Å²) >= 11 is 0. The number of aliphatic hydroxyl groups is 1. The van der Waals surface area contributed by atoms with Crippen LogP contribution in [0.3, 0.4) is 0 Å². The Labute approximate surface area is 47.2 Å². The Bertz CT molecular complexity index is 141. The summed E-state index contributed by atoms with van der Waals surface area (Å²) in [6.45, 7) is 0. The number of likely N-dealkylation sites (N-methyl/N-ethyl adjacent to an activating group) is 1. The lowest BCUT2D eigenvalue weighted by molar-refractivity contribution is -0.128. The monoisotopic (exact) mass is 113 g/mol. The zero-order valence-electron chi connectivity index (χ0n) is 4.53. The van der Waals surface area contributed by atoms with E-state index in [2.05, 4.69) is 0 Å². The molecule has 0 bridgehead atoms. The Morgan fingerprint density at radius 2 is 2.50 bits per heavy atom. The summed E-state index contributed by atoms with van der Waals surface area (Å²) in [4.78, 5) is 11.7. The van der Waals surface area contributed by atoms with Crippen molar-refractivity contribution in [2.24, 2.45) is 0 Å². The van der Waals surface area contributed by atoms with Gasteiger partial charge in [0.2, 0.25) is 5.91 Å². The lowest BCUT2D eigenvalue weighted by Gasteiger charge is -2.11. The number of nitrogens with zero attached hydrogens (tertiary/aromatic N) is 1. The van der Waals surface area contributed by atoms with E-state index < -0.39 is 6.23 Å². The summed E-state index contributed by atoms with van der Waals surface area (Å²) in [5.74, 6) is -0.141. The molecular formula is C5H7NO2. The van der Waals surface area contributed by atoms with Crippen LogP contribution in [0.25, 0.3) is 0 Å². The van der Waals surface area contributed by atoms with E-state index in [1.165, 1.54) is 17.1 Å². The van der Waals surface area contributed by atoms with Crippen molar-refractivity contribution in [2.75, 3.05) is 7.05 Å². The fraction of sp³-hybridized carbons (Fsp3) is 0.400. The summed E-state index contributed by atoms with van der Waals surface area (Å²) in [5.41, 5.74) is 0. The van der Waals surface area contributed by atoms with Crippen LogP contribution in [0.2, 0.25) is 0 Å². The van der Waals surface area contributed by atoms with Gasteiger partial charge in [0.15, 0.2) is 0 Å². The smallest absolute Gasteiger partial charge is 0.248 e. The molecule has 0 aromatic heterocycles. The van der Waals surface area contributed by atoms with Crippen LogP contribution in [0.5, 0.6) is 0 Å². The van der Waals surface area contributed by atoms with E-state index in [9.17, 15) is 4.79 Å². The van der Waals surface area contributed by atoms with Gasteiger partial charge in [0.25, 0.3) is 0 Å². The van der Waals surface area contributed by atoms with Gasteiger partial charge in [-0.05, 0) is 6.08 Å². The maximum Gasteiger partial charge on any atom is 0.248 e. The van der Waals surface area contributed by atoms with Crippen molar-refractivity contribution in [3.63, 3.8) is 0 Å². The predicted molar refractivity (Wildman–Crippen MR) is 27.9 cm³/mol. The van der Waals surface area contributed by atoms with E-state index in [0.29, 0.717) is 0 Å². The SMILES string of the molecule is CN1C(=O)C=C[C@H]1O. The van der Waals surface area contributed by atoms with E-state index in [4.69, 9.17) is 5.11 Å². The Morgan fingerprint density at radius 3 is 2.62 bits per heavy atom. The van der Waals surface area contributed by atoms with Crippen LogP contribution in [0, 0.1) is 0 Å². The molecule has 3 nitrogen and oxygen atoms in total. The predicted octanol–water partition coefficient (Wildman–Crippen LogP) is -0.667. The van der Waals surface area contributed by atoms with Gasteiger partial charge in [0.1, 0.15) is 6.23 Å². The van der Waals surface area contributed by atoms with Crippen molar-refractivity contribution in [2.45, 2.75) is 6.23 Å².